The summed E-state index contributed by atoms with van der Waals surface area (Å²) in [5, 5.41) is 12.9. The van der Waals surface area contributed by atoms with Gasteiger partial charge in [0, 0.05) is 17.0 Å². The maximum absolute atomic E-state index is 11.2. The average molecular weight is 225 g/mol. The van der Waals surface area contributed by atoms with Crippen LogP contribution in [0.4, 0.5) is 0 Å². The minimum absolute atomic E-state index is 0.101. The van der Waals surface area contributed by atoms with Crippen molar-refractivity contribution in [3.05, 3.63) is 34.5 Å². The SMILES string of the molecule is C[C@H](NC(=O)/C=C/C(=O)O)c1cccs1. The highest BCUT2D eigenvalue weighted by Crippen LogP contribution is 2.17. The molecule has 0 unspecified atom stereocenters. The zero-order valence-electron chi connectivity index (χ0n) is 8.14. The van der Waals surface area contributed by atoms with Crippen LogP contribution < -0.4 is 5.32 Å². The van der Waals surface area contributed by atoms with E-state index in [1.165, 1.54) is 0 Å². The normalized spacial score (nSPS) is 12.6. The molecule has 1 aromatic heterocycles. The first-order valence-electron chi connectivity index (χ1n) is 4.34. The van der Waals surface area contributed by atoms with E-state index in [0.717, 1.165) is 17.0 Å². The van der Waals surface area contributed by atoms with Crippen LogP contribution in [-0.4, -0.2) is 17.0 Å². The second kappa shape index (κ2) is 5.31. The third-order valence-corrected chi connectivity index (χ3v) is 2.76. The first kappa shape index (κ1) is 11.5. The Kier molecular flexibility index (Phi) is 4.05. The minimum atomic E-state index is -1.13. The molecule has 0 saturated carbocycles. The first-order chi connectivity index (χ1) is 7.09. The van der Waals surface area contributed by atoms with Gasteiger partial charge in [-0.05, 0) is 18.4 Å². The van der Waals surface area contributed by atoms with Crippen molar-refractivity contribution < 1.29 is 14.7 Å². The molecule has 1 aromatic rings. The molecule has 15 heavy (non-hydrogen) atoms. The molecule has 0 bridgehead atoms. The topological polar surface area (TPSA) is 66.4 Å². The van der Waals surface area contributed by atoms with Crippen LogP contribution in [0.15, 0.2) is 29.7 Å². The fraction of sp³-hybridized carbons (Fsp3) is 0.200. The van der Waals surface area contributed by atoms with Gasteiger partial charge in [-0.15, -0.1) is 11.3 Å². The Morgan fingerprint density at radius 3 is 2.80 bits per heavy atom. The molecule has 1 rings (SSSR count). The summed E-state index contributed by atoms with van der Waals surface area (Å²) in [7, 11) is 0. The van der Waals surface area contributed by atoms with Crippen LogP contribution in [0.2, 0.25) is 0 Å². The fourth-order valence-corrected chi connectivity index (χ4v) is 1.75. The number of nitrogens with one attached hydrogen (secondary N) is 1. The number of hydrogen-bond donors (Lipinski definition) is 2. The predicted molar refractivity (Wildman–Crippen MR) is 57.7 cm³/mol. The molecule has 80 valence electrons. The standard InChI is InChI=1S/C10H11NO3S/c1-7(8-3-2-6-15-8)11-9(12)4-5-10(13)14/h2-7H,1H3,(H,11,12)(H,13,14)/b5-4+/t7-/m0/s1. The monoisotopic (exact) mass is 225 g/mol. The number of amides is 1. The minimum Gasteiger partial charge on any atom is -0.478 e. The van der Waals surface area contributed by atoms with Gasteiger partial charge in [0.2, 0.25) is 5.91 Å². The van der Waals surface area contributed by atoms with Crippen LogP contribution in [-0.2, 0) is 9.59 Å². The van der Waals surface area contributed by atoms with E-state index in [2.05, 4.69) is 5.32 Å². The second-order valence-electron chi connectivity index (χ2n) is 2.92. The van der Waals surface area contributed by atoms with Crippen LogP contribution >= 0.6 is 11.3 Å². The van der Waals surface area contributed by atoms with E-state index in [1.54, 1.807) is 11.3 Å². The Hall–Kier alpha value is -1.62. The van der Waals surface area contributed by atoms with E-state index in [9.17, 15) is 9.59 Å². The van der Waals surface area contributed by atoms with Crippen molar-refractivity contribution in [3.63, 3.8) is 0 Å². The van der Waals surface area contributed by atoms with Crippen molar-refractivity contribution in [1.29, 1.82) is 0 Å². The lowest BCUT2D eigenvalue weighted by Gasteiger charge is -2.09. The lowest BCUT2D eigenvalue weighted by atomic mass is 10.2. The molecule has 0 aromatic carbocycles. The number of carboxylic acids is 1. The van der Waals surface area contributed by atoms with Gasteiger partial charge in [0.25, 0.3) is 0 Å². The van der Waals surface area contributed by atoms with Crippen LogP contribution in [0.1, 0.15) is 17.8 Å². The molecular weight excluding hydrogens is 214 g/mol. The highest BCUT2D eigenvalue weighted by atomic mass is 32.1. The van der Waals surface area contributed by atoms with Gasteiger partial charge in [0.05, 0.1) is 6.04 Å². The largest absolute Gasteiger partial charge is 0.478 e. The van der Waals surface area contributed by atoms with E-state index >= 15 is 0 Å². The number of carboxylic acid groups (broad SMARTS) is 1. The number of hydrogen-bond acceptors (Lipinski definition) is 3. The van der Waals surface area contributed by atoms with Crippen LogP contribution in [0.5, 0.6) is 0 Å². The van der Waals surface area contributed by atoms with Gasteiger partial charge >= 0.3 is 5.97 Å². The fourth-order valence-electron chi connectivity index (χ4n) is 1.02. The van der Waals surface area contributed by atoms with Gasteiger partial charge in [-0.3, -0.25) is 4.79 Å². The van der Waals surface area contributed by atoms with Gasteiger partial charge in [-0.2, -0.15) is 0 Å². The summed E-state index contributed by atoms with van der Waals surface area (Å²) in [5.41, 5.74) is 0. The number of aliphatic carboxylic acids is 1. The summed E-state index contributed by atoms with van der Waals surface area (Å²) in [6.07, 6.45) is 1.82. The van der Waals surface area contributed by atoms with E-state index in [1.807, 2.05) is 24.4 Å². The zero-order valence-corrected chi connectivity index (χ0v) is 8.95. The highest BCUT2D eigenvalue weighted by molar-refractivity contribution is 7.10. The summed E-state index contributed by atoms with van der Waals surface area (Å²) in [6.45, 7) is 1.85. The molecule has 1 atom stereocenters. The molecule has 2 N–H and O–H groups in total. The van der Waals surface area contributed by atoms with E-state index in [-0.39, 0.29) is 6.04 Å². The Labute approximate surface area is 91.2 Å². The third-order valence-electron chi connectivity index (χ3n) is 1.71. The smallest absolute Gasteiger partial charge is 0.328 e. The zero-order chi connectivity index (χ0) is 11.3. The molecule has 1 heterocycles. The third kappa shape index (κ3) is 3.95. The van der Waals surface area contributed by atoms with E-state index in [4.69, 9.17) is 5.11 Å². The summed E-state index contributed by atoms with van der Waals surface area (Å²) < 4.78 is 0. The van der Waals surface area contributed by atoms with Crippen LogP contribution in [0, 0.1) is 0 Å². The summed E-state index contributed by atoms with van der Waals surface area (Å²) in [6, 6.07) is 3.71. The van der Waals surface area contributed by atoms with Crippen LogP contribution in [0.25, 0.3) is 0 Å². The van der Waals surface area contributed by atoms with Crippen molar-refractivity contribution in [2.75, 3.05) is 0 Å². The van der Waals surface area contributed by atoms with Gasteiger partial charge in [0.15, 0.2) is 0 Å². The van der Waals surface area contributed by atoms with Gasteiger partial charge in [-0.1, -0.05) is 6.07 Å². The molecule has 5 heteroatoms. The number of thiophene rings is 1. The molecule has 0 radical (unpaired) electrons. The first-order valence-corrected chi connectivity index (χ1v) is 5.22. The molecule has 1 amide bonds. The average Bonchev–Trinajstić information content (AvgIpc) is 2.67. The summed E-state index contributed by atoms with van der Waals surface area (Å²) in [5.74, 6) is -1.53. The number of carbonyl (C=O) groups is 2. The lowest BCUT2D eigenvalue weighted by molar-refractivity contribution is -0.131. The Morgan fingerprint density at radius 2 is 2.27 bits per heavy atom. The van der Waals surface area contributed by atoms with Gasteiger partial charge < -0.3 is 10.4 Å². The highest BCUT2D eigenvalue weighted by Gasteiger charge is 2.07. The Morgan fingerprint density at radius 1 is 1.53 bits per heavy atom. The summed E-state index contributed by atoms with van der Waals surface area (Å²) in [4.78, 5) is 22.4. The predicted octanol–water partition coefficient (Wildman–Crippen LogP) is 1.57. The van der Waals surface area contributed by atoms with Crippen molar-refractivity contribution in [2.45, 2.75) is 13.0 Å². The molecule has 4 nitrogen and oxygen atoms in total. The maximum atomic E-state index is 11.2. The van der Waals surface area contributed by atoms with Crippen molar-refractivity contribution in [3.8, 4) is 0 Å². The molecule has 0 aliphatic carbocycles. The quantitative estimate of drug-likeness (QED) is 0.764. The van der Waals surface area contributed by atoms with Crippen molar-refractivity contribution >= 4 is 23.2 Å². The van der Waals surface area contributed by atoms with Crippen LogP contribution in [0.3, 0.4) is 0 Å². The second-order valence-corrected chi connectivity index (χ2v) is 3.90. The molecule has 0 aliphatic rings. The number of rotatable bonds is 4. The molecule has 0 spiro atoms. The van der Waals surface area contributed by atoms with E-state index in [0.29, 0.717) is 0 Å². The molecule has 0 fully saturated rings. The number of carbonyl (C=O) groups excluding carboxylic acids is 1. The summed E-state index contributed by atoms with van der Waals surface area (Å²) >= 11 is 1.54. The van der Waals surface area contributed by atoms with Gasteiger partial charge in [-0.25, -0.2) is 4.79 Å². The molecule has 0 aliphatic heterocycles. The lowest BCUT2D eigenvalue weighted by Crippen LogP contribution is -2.24. The molecular formula is C10H11NO3S. The van der Waals surface area contributed by atoms with Crippen molar-refractivity contribution in [2.24, 2.45) is 0 Å². The maximum Gasteiger partial charge on any atom is 0.328 e. The van der Waals surface area contributed by atoms with Crippen molar-refractivity contribution in [1.82, 2.24) is 5.32 Å². The van der Waals surface area contributed by atoms with Gasteiger partial charge in [0.1, 0.15) is 0 Å². The Balaban J connectivity index is 2.49. The Bertz CT molecular complexity index is 370. The van der Waals surface area contributed by atoms with E-state index < -0.39 is 11.9 Å². The molecule has 0 saturated heterocycles.